The van der Waals surface area contributed by atoms with Crippen LogP contribution in [0.2, 0.25) is 44.8 Å². The van der Waals surface area contributed by atoms with Gasteiger partial charge in [-0.3, -0.25) is 0 Å². The van der Waals surface area contributed by atoms with Crippen molar-refractivity contribution in [1.82, 2.24) is 0 Å². The summed E-state index contributed by atoms with van der Waals surface area (Å²) >= 11 is 0. The zero-order chi connectivity index (χ0) is 12.5. The molecular formula is C12H26OSi2. The van der Waals surface area contributed by atoms with Gasteiger partial charge in [0.05, 0.1) is 21.4 Å². The molecule has 0 rings (SSSR count). The maximum atomic E-state index is 10.9. The largest absolute Gasteiger partial charge is 0.389 e. The van der Waals surface area contributed by atoms with Gasteiger partial charge in [0, 0.05) is 5.54 Å². The van der Waals surface area contributed by atoms with Gasteiger partial charge in [0.15, 0.2) is 0 Å². The zero-order valence-corrected chi connectivity index (χ0v) is 13.1. The summed E-state index contributed by atoms with van der Waals surface area (Å²) in [7, 11) is -3.16. The molecule has 0 saturated heterocycles. The number of rotatable bonds is 5. The van der Waals surface area contributed by atoms with E-state index in [0.29, 0.717) is 0 Å². The predicted molar refractivity (Wildman–Crippen MR) is 75.8 cm³/mol. The van der Waals surface area contributed by atoms with Gasteiger partial charge >= 0.3 is 0 Å². The lowest BCUT2D eigenvalue weighted by molar-refractivity contribution is 0.167. The van der Waals surface area contributed by atoms with E-state index >= 15 is 0 Å². The van der Waals surface area contributed by atoms with Crippen molar-refractivity contribution in [3.8, 4) is 0 Å². The smallest absolute Gasteiger partial charge is 0.0873 e. The van der Waals surface area contributed by atoms with Gasteiger partial charge in [-0.15, -0.1) is 13.2 Å². The minimum absolute atomic E-state index is 0.189. The average Bonchev–Trinajstić information content (AvgIpc) is 2.00. The van der Waals surface area contributed by atoms with Crippen LogP contribution in [0.4, 0.5) is 0 Å². The van der Waals surface area contributed by atoms with E-state index in [-0.39, 0.29) is 5.54 Å². The Morgan fingerprint density at radius 3 is 1.53 bits per heavy atom. The summed E-state index contributed by atoms with van der Waals surface area (Å²) in [4.78, 5) is 0. The van der Waals surface area contributed by atoms with Crippen LogP contribution in [0.3, 0.4) is 0 Å². The Labute approximate surface area is 96.9 Å². The molecule has 0 aromatic carbocycles. The van der Waals surface area contributed by atoms with E-state index in [1.807, 2.05) is 6.08 Å². The van der Waals surface area contributed by atoms with Crippen LogP contribution in [-0.4, -0.2) is 26.5 Å². The lowest BCUT2D eigenvalue weighted by atomic mass is 10.2. The highest BCUT2D eigenvalue weighted by atomic mass is 28.3. The van der Waals surface area contributed by atoms with Crippen LogP contribution in [0, 0.1) is 0 Å². The van der Waals surface area contributed by atoms with Crippen molar-refractivity contribution in [3.63, 3.8) is 0 Å². The highest BCUT2D eigenvalue weighted by Crippen LogP contribution is 2.41. The van der Waals surface area contributed by atoms with Crippen molar-refractivity contribution in [3.05, 3.63) is 25.3 Å². The predicted octanol–water partition coefficient (Wildman–Crippen LogP) is 3.68. The van der Waals surface area contributed by atoms with Crippen molar-refractivity contribution in [2.24, 2.45) is 0 Å². The molecule has 0 aliphatic carbocycles. The molecule has 0 aromatic heterocycles. The molecule has 0 bridgehead atoms. The monoisotopic (exact) mass is 242 g/mol. The Kier molecular flexibility index (Phi) is 4.36. The molecule has 0 saturated carbocycles. The molecule has 3 heteroatoms. The fourth-order valence-electron chi connectivity index (χ4n) is 2.09. The van der Waals surface area contributed by atoms with Crippen LogP contribution in [0.5, 0.6) is 0 Å². The highest BCUT2D eigenvalue weighted by Gasteiger charge is 2.48. The minimum atomic E-state index is -1.70. The lowest BCUT2D eigenvalue weighted by Gasteiger charge is -2.46. The third kappa shape index (κ3) is 2.92. The summed E-state index contributed by atoms with van der Waals surface area (Å²) in [5, 5.41) is 10.1. The van der Waals surface area contributed by atoms with E-state index in [4.69, 9.17) is 0 Å². The molecule has 0 radical (unpaired) electrons. The highest BCUT2D eigenvalue weighted by molar-refractivity contribution is 6.85. The van der Waals surface area contributed by atoms with Crippen molar-refractivity contribution >= 4 is 16.1 Å². The molecule has 1 nitrogen and oxygen atoms in total. The molecule has 88 valence electrons. The van der Waals surface area contributed by atoms with Gasteiger partial charge in [-0.1, -0.05) is 51.4 Å². The van der Waals surface area contributed by atoms with E-state index < -0.39 is 21.4 Å². The molecule has 0 heterocycles. The molecule has 0 aliphatic heterocycles. The first-order valence-corrected chi connectivity index (χ1v) is 12.6. The van der Waals surface area contributed by atoms with Crippen molar-refractivity contribution < 1.29 is 5.11 Å². The van der Waals surface area contributed by atoms with E-state index in [9.17, 15) is 5.11 Å². The summed E-state index contributed by atoms with van der Waals surface area (Å²) in [6, 6.07) is 0. The van der Waals surface area contributed by atoms with Crippen LogP contribution < -0.4 is 0 Å². The Morgan fingerprint density at radius 2 is 1.47 bits per heavy atom. The maximum absolute atomic E-state index is 10.9. The third-order valence-corrected chi connectivity index (χ3v) is 8.90. The molecular weight excluding hydrogens is 216 g/mol. The van der Waals surface area contributed by atoms with Gasteiger partial charge < -0.3 is 5.11 Å². The van der Waals surface area contributed by atoms with Crippen LogP contribution in [0.15, 0.2) is 25.3 Å². The molecule has 0 aromatic rings. The molecule has 0 spiro atoms. The van der Waals surface area contributed by atoms with Gasteiger partial charge in [-0.2, -0.15) is 0 Å². The van der Waals surface area contributed by atoms with Crippen LogP contribution in [0.1, 0.15) is 0 Å². The third-order valence-electron chi connectivity index (χ3n) is 3.16. The Bertz CT molecular complexity index is 247. The summed E-state index contributed by atoms with van der Waals surface area (Å²) < 4.78 is 0. The molecule has 2 atom stereocenters. The van der Waals surface area contributed by atoms with Gasteiger partial charge in [0.1, 0.15) is 0 Å². The fraction of sp³-hybridized carbons (Fsp3) is 0.667. The average molecular weight is 243 g/mol. The van der Waals surface area contributed by atoms with E-state index in [1.54, 1.807) is 6.08 Å². The number of hydrogen-bond donors (Lipinski definition) is 1. The quantitative estimate of drug-likeness (QED) is 0.576. The first-order valence-electron chi connectivity index (χ1n) is 5.49. The molecule has 15 heavy (non-hydrogen) atoms. The second-order valence-corrected chi connectivity index (χ2v) is 17.0. The van der Waals surface area contributed by atoms with Gasteiger partial charge in [-0.25, -0.2) is 0 Å². The second-order valence-electron chi connectivity index (χ2n) is 6.36. The number of hydrogen-bond acceptors (Lipinski definition) is 1. The lowest BCUT2D eigenvalue weighted by Crippen LogP contribution is -2.58. The zero-order valence-electron chi connectivity index (χ0n) is 11.1. The van der Waals surface area contributed by atoms with Crippen LogP contribution >= 0.6 is 0 Å². The van der Waals surface area contributed by atoms with Crippen LogP contribution in [0.25, 0.3) is 0 Å². The van der Waals surface area contributed by atoms with Crippen molar-refractivity contribution in [2.45, 2.75) is 50.0 Å². The SMILES string of the molecule is C=CC(C(O)(C=C)[Si](C)(C)C)[Si](C)(C)C. The number of aliphatic hydroxyl groups is 1. The summed E-state index contributed by atoms with van der Waals surface area (Å²) in [6.45, 7) is 21.1. The summed E-state index contributed by atoms with van der Waals surface area (Å²) in [5.41, 5.74) is 0.189. The minimum Gasteiger partial charge on any atom is -0.389 e. The second kappa shape index (κ2) is 4.39. The molecule has 0 amide bonds. The summed E-state index contributed by atoms with van der Waals surface area (Å²) in [5.74, 6) is 0. The molecule has 0 aliphatic rings. The first-order chi connectivity index (χ1) is 6.50. The normalized spacial score (nSPS) is 19.1. The van der Waals surface area contributed by atoms with Crippen molar-refractivity contribution in [2.75, 3.05) is 0 Å². The van der Waals surface area contributed by atoms with E-state index in [1.165, 1.54) is 0 Å². The van der Waals surface area contributed by atoms with Gasteiger partial charge in [0.25, 0.3) is 0 Å². The maximum Gasteiger partial charge on any atom is 0.0873 e. The molecule has 1 N–H and O–H groups in total. The Hall–Kier alpha value is -0.126. The van der Waals surface area contributed by atoms with E-state index in [0.717, 1.165) is 0 Å². The first kappa shape index (κ1) is 14.9. The van der Waals surface area contributed by atoms with Crippen LogP contribution in [-0.2, 0) is 0 Å². The summed E-state index contributed by atoms with van der Waals surface area (Å²) in [6.07, 6.45) is 3.69. The van der Waals surface area contributed by atoms with Gasteiger partial charge in [-0.05, 0) is 0 Å². The molecule has 0 fully saturated rings. The Balaban J connectivity index is 5.45. The van der Waals surface area contributed by atoms with Gasteiger partial charge in [0.2, 0.25) is 0 Å². The standard InChI is InChI=1S/C12H26OSi2/c1-9-11(14(3,4)5)12(13,10-2)15(6,7)8/h9-11,13H,1-2H2,3-8H3. The Morgan fingerprint density at radius 1 is 1.07 bits per heavy atom. The van der Waals surface area contributed by atoms with Crippen molar-refractivity contribution in [1.29, 1.82) is 0 Å². The topological polar surface area (TPSA) is 20.2 Å². The van der Waals surface area contributed by atoms with E-state index in [2.05, 4.69) is 52.4 Å². The fourth-order valence-corrected chi connectivity index (χ4v) is 8.50. The molecule has 2 unspecified atom stereocenters.